The Balaban J connectivity index is 1.51. The minimum atomic E-state index is 0.715. The van der Waals surface area contributed by atoms with E-state index in [1.54, 1.807) is 0 Å². The van der Waals surface area contributed by atoms with Gasteiger partial charge in [-0.25, -0.2) is 0 Å². The summed E-state index contributed by atoms with van der Waals surface area (Å²) in [6.07, 6.45) is 4.08. The molecule has 2 nitrogen and oxygen atoms in total. The maximum absolute atomic E-state index is 3.64. The van der Waals surface area contributed by atoms with Crippen molar-refractivity contribution in [1.82, 2.24) is 10.2 Å². The number of piperidine rings is 1. The average molecular weight is 300 g/mol. The van der Waals surface area contributed by atoms with Gasteiger partial charge in [-0.15, -0.1) is 11.3 Å². The minimum absolute atomic E-state index is 0.715. The van der Waals surface area contributed by atoms with Gasteiger partial charge < -0.3 is 10.2 Å². The summed E-state index contributed by atoms with van der Waals surface area (Å²) in [4.78, 5) is 3.92. The topological polar surface area (TPSA) is 15.3 Å². The molecule has 0 aliphatic carbocycles. The van der Waals surface area contributed by atoms with Crippen LogP contribution in [-0.2, 0) is 6.54 Å². The summed E-state index contributed by atoms with van der Waals surface area (Å²) in [7, 11) is 2.25. The third kappa shape index (κ3) is 3.94. The Hall–Kier alpha value is -1.16. The lowest BCUT2D eigenvalue weighted by Crippen LogP contribution is -2.42. The number of hydrogen-bond acceptors (Lipinski definition) is 3. The summed E-state index contributed by atoms with van der Waals surface area (Å²) in [6.45, 7) is 3.35. The summed E-state index contributed by atoms with van der Waals surface area (Å²) in [5.41, 5.74) is 2.65. The first-order valence-electron chi connectivity index (χ1n) is 7.87. The number of nitrogens with one attached hydrogen (secondary N) is 1. The highest BCUT2D eigenvalue weighted by Gasteiger charge is 2.17. The number of likely N-dealkylation sites (N-methyl/N-ethyl adjacent to an activating group) is 1. The van der Waals surface area contributed by atoms with E-state index in [1.807, 2.05) is 11.3 Å². The van der Waals surface area contributed by atoms with Crippen LogP contribution in [0, 0.1) is 0 Å². The van der Waals surface area contributed by atoms with Crippen LogP contribution in [0.4, 0.5) is 0 Å². The summed E-state index contributed by atoms with van der Waals surface area (Å²) < 4.78 is 0. The first-order chi connectivity index (χ1) is 10.3. The molecule has 0 radical (unpaired) electrons. The minimum Gasteiger partial charge on any atom is -0.310 e. The molecule has 3 heteroatoms. The van der Waals surface area contributed by atoms with Gasteiger partial charge in [-0.2, -0.15) is 0 Å². The van der Waals surface area contributed by atoms with Crippen molar-refractivity contribution in [3.05, 3.63) is 46.7 Å². The van der Waals surface area contributed by atoms with Gasteiger partial charge in [-0.1, -0.05) is 36.8 Å². The molecule has 3 rings (SSSR count). The van der Waals surface area contributed by atoms with Gasteiger partial charge in [-0.05, 0) is 49.0 Å². The predicted octanol–water partition coefficient (Wildman–Crippen LogP) is 3.99. The van der Waals surface area contributed by atoms with Crippen molar-refractivity contribution in [3.8, 4) is 11.1 Å². The van der Waals surface area contributed by atoms with E-state index in [0.29, 0.717) is 6.04 Å². The summed E-state index contributed by atoms with van der Waals surface area (Å²) in [5.74, 6) is 0. The molecule has 2 heterocycles. The van der Waals surface area contributed by atoms with Gasteiger partial charge in [0.15, 0.2) is 0 Å². The van der Waals surface area contributed by atoms with Gasteiger partial charge in [0.25, 0.3) is 0 Å². The molecule has 0 spiro atoms. The Morgan fingerprint density at radius 2 is 2.05 bits per heavy atom. The maximum Gasteiger partial charge on any atom is 0.0300 e. The predicted molar refractivity (Wildman–Crippen MR) is 91.7 cm³/mol. The molecule has 1 unspecified atom stereocenters. The molecular weight excluding hydrogens is 276 g/mol. The second kappa shape index (κ2) is 7.21. The number of rotatable bonds is 5. The largest absolute Gasteiger partial charge is 0.310 e. The quantitative estimate of drug-likeness (QED) is 0.898. The molecule has 1 N–H and O–H groups in total. The van der Waals surface area contributed by atoms with E-state index in [9.17, 15) is 0 Å². The van der Waals surface area contributed by atoms with Crippen LogP contribution in [-0.4, -0.2) is 31.1 Å². The number of nitrogens with zero attached hydrogens (tertiary/aromatic N) is 1. The first kappa shape index (κ1) is 14.8. The van der Waals surface area contributed by atoms with Crippen molar-refractivity contribution >= 4 is 11.3 Å². The summed E-state index contributed by atoms with van der Waals surface area (Å²) in [6, 6.07) is 13.7. The van der Waals surface area contributed by atoms with Crippen molar-refractivity contribution in [2.45, 2.75) is 31.8 Å². The van der Waals surface area contributed by atoms with E-state index in [2.05, 4.69) is 59.0 Å². The molecule has 1 saturated heterocycles. The fourth-order valence-electron chi connectivity index (χ4n) is 3.02. The van der Waals surface area contributed by atoms with Crippen LogP contribution in [0.3, 0.4) is 0 Å². The Morgan fingerprint density at radius 1 is 1.19 bits per heavy atom. The molecule has 2 aromatic rings. The zero-order valence-electron chi connectivity index (χ0n) is 12.7. The second-order valence-electron chi connectivity index (χ2n) is 5.93. The molecule has 112 valence electrons. The Morgan fingerprint density at radius 3 is 2.86 bits per heavy atom. The molecule has 0 saturated carbocycles. The van der Waals surface area contributed by atoms with Crippen molar-refractivity contribution < 1.29 is 0 Å². The van der Waals surface area contributed by atoms with Crippen LogP contribution in [0.2, 0.25) is 0 Å². The summed E-state index contributed by atoms with van der Waals surface area (Å²) >= 11 is 1.86. The van der Waals surface area contributed by atoms with Crippen molar-refractivity contribution in [1.29, 1.82) is 0 Å². The van der Waals surface area contributed by atoms with Crippen molar-refractivity contribution in [3.63, 3.8) is 0 Å². The Kier molecular flexibility index (Phi) is 5.07. The number of likely N-dealkylation sites (tertiary alicyclic amines) is 1. The number of hydrogen-bond donors (Lipinski definition) is 1. The van der Waals surface area contributed by atoms with E-state index in [-0.39, 0.29) is 0 Å². The normalized spacial score (nSPS) is 19.8. The summed E-state index contributed by atoms with van der Waals surface area (Å²) in [5, 5.41) is 5.90. The zero-order chi connectivity index (χ0) is 14.5. The second-order valence-corrected chi connectivity index (χ2v) is 6.92. The fourth-order valence-corrected chi connectivity index (χ4v) is 3.88. The molecule has 1 atom stereocenters. The van der Waals surface area contributed by atoms with Gasteiger partial charge in [0.1, 0.15) is 0 Å². The van der Waals surface area contributed by atoms with E-state index in [0.717, 1.165) is 13.1 Å². The van der Waals surface area contributed by atoms with E-state index in [1.165, 1.54) is 41.8 Å². The van der Waals surface area contributed by atoms with Crippen LogP contribution < -0.4 is 5.32 Å². The van der Waals surface area contributed by atoms with E-state index >= 15 is 0 Å². The number of thiophene rings is 1. The first-order valence-corrected chi connectivity index (χ1v) is 8.74. The van der Waals surface area contributed by atoms with Gasteiger partial charge in [0.05, 0.1) is 0 Å². The lowest BCUT2D eigenvalue weighted by atomic mass is 10.0. The molecule has 1 aromatic heterocycles. The highest BCUT2D eigenvalue weighted by molar-refractivity contribution is 7.10. The van der Waals surface area contributed by atoms with Crippen molar-refractivity contribution in [2.75, 3.05) is 20.1 Å². The SMILES string of the molecule is CN1CCCCC1CNCc1cc(-c2ccccc2)cs1. The fraction of sp³-hybridized carbons (Fsp3) is 0.444. The smallest absolute Gasteiger partial charge is 0.0300 e. The molecule has 1 aliphatic heterocycles. The maximum atomic E-state index is 3.64. The van der Waals surface area contributed by atoms with Gasteiger partial charge in [0, 0.05) is 24.0 Å². The van der Waals surface area contributed by atoms with Crippen LogP contribution in [0.15, 0.2) is 41.8 Å². The molecule has 0 bridgehead atoms. The van der Waals surface area contributed by atoms with Crippen molar-refractivity contribution in [2.24, 2.45) is 0 Å². The molecule has 1 fully saturated rings. The Bertz CT molecular complexity index is 549. The number of benzene rings is 1. The van der Waals surface area contributed by atoms with Gasteiger partial charge in [0.2, 0.25) is 0 Å². The van der Waals surface area contributed by atoms with Gasteiger partial charge >= 0.3 is 0 Å². The molecular formula is C18H24N2S. The molecule has 1 aromatic carbocycles. The average Bonchev–Trinajstić information content (AvgIpc) is 2.99. The highest BCUT2D eigenvalue weighted by atomic mass is 32.1. The lowest BCUT2D eigenvalue weighted by Gasteiger charge is -2.32. The van der Waals surface area contributed by atoms with Crippen LogP contribution in [0.5, 0.6) is 0 Å². The van der Waals surface area contributed by atoms with E-state index in [4.69, 9.17) is 0 Å². The van der Waals surface area contributed by atoms with Crippen LogP contribution in [0.25, 0.3) is 11.1 Å². The molecule has 21 heavy (non-hydrogen) atoms. The Labute approximate surface area is 131 Å². The third-order valence-corrected chi connectivity index (χ3v) is 5.30. The highest BCUT2D eigenvalue weighted by Crippen LogP contribution is 2.25. The third-order valence-electron chi connectivity index (χ3n) is 4.36. The molecule has 1 aliphatic rings. The monoisotopic (exact) mass is 300 g/mol. The van der Waals surface area contributed by atoms with Crippen LogP contribution in [0.1, 0.15) is 24.1 Å². The van der Waals surface area contributed by atoms with Gasteiger partial charge in [-0.3, -0.25) is 0 Å². The standard InChI is InChI=1S/C18H24N2S/c1-20-10-6-5-9-17(20)12-19-13-18-11-16(14-21-18)15-7-3-2-4-8-15/h2-4,7-8,11,14,17,19H,5-6,9-10,12-13H2,1H3. The lowest BCUT2D eigenvalue weighted by molar-refractivity contribution is 0.181. The van der Waals surface area contributed by atoms with E-state index < -0.39 is 0 Å². The molecule has 0 amide bonds. The van der Waals surface area contributed by atoms with Crippen LogP contribution >= 0.6 is 11.3 Å². The zero-order valence-corrected chi connectivity index (χ0v) is 13.5.